The number of aliphatic hydroxyl groups is 1. The predicted octanol–water partition coefficient (Wildman–Crippen LogP) is 3.76. The Morgan fingerprint density at radius 3 is 2.35 bits per heavy atom. The topological polar surface area (TPSA) is 23.5 Å². The molecule has 1 heterocycles. The van der Waals surface area contributed by atoms with Gasteiger partial charge in [-0.1, -0.05) is 12.1 Å². The van der Waals surface area contributed by atoms with Gasteiger partial charge in [0.15, 0.2) is 0 Å². The Bertz CT molecular complexity index is 435. The van der Waals surface area contributed by atoms with Crippen LogP contribution >= 0.6 is 0 Å². The van der Waals surface area contributed by atoms with Crippen LogP contribution in [0.1, 0.15) is 52.1 Å². The first kappa shape index (κ1) is 15.5. The van der Waals surface area contributed by atoms with Crippen LogP contribution < -0.4 is 0 Å². The summed E-state index contributed by atoms with van der Waals surface area (Å²) in [5.41, 5.74) is 0.496. The predicted molar refractivity (Wildman–Crippen MR) is 80.0 cm³/mol. The van der Waals surface area contributed by atoms with Gasteiger partial charge in [-0.2, -0.15) is 0 Å². The minimum Gasteiger partial charge on any atom is -0.390 e. The molecule has 1 aromatic rings. The van der Waals surface area contributed by atoms with Crippen molar-refractivity contribution in [2.45, 2.75) is 58.2 Å². The number of hydrogen-bond donors (Lipinski definition) is 1. The first-order valence-electron chi connectivity index (χ1n) is 7.52. The Morgan fingerprint density at radius 2 is 1.85 bits per heavy atom. The van der Waals surface area contributed by atoms with E-state index in [4.69, 9.17) is 0 Å². The molecule has 1 aliphatic rings. The molecule has 1 N–H and O–H groups in total. The molecule has 112 valence electrons. The summed E-state index contributed by atoms with van der Waals surface area (Å²) in [7, 11) is 0. The molecule has 0 saturated carbocycles. The second-order valence-corrected chi connectivity index (χ2v) is 6.77. The highest BCUT2D eigenvalue weighted by atomic mass is 19.1. The molecule has 1 fully saturated rings. The van der Waals surface area contributed by atoms with Crippen LogP contribution in [0.15, 0.2) is 24.3 Å². The van der Waals surface area contributed by atoms with Crippen molar-refractivity contribution >= 4 is 0 Å². The number of piperidine rings is 1. The molecular formula is C17H26FNO. The number of rotatable bonds is 3. The van der Waals surface area contributed by atoms with Gasteiger partial charge in [0.2, 0.25) is 0 Å². The molecule has 0 aromatic heterocycles. The van der Waals surface area contributed by atoms with Gasteiger partial charge in [0.05, 0.1) is 5.60 Å². The van der Waals surface area contributed by atoms with Crippen LogP contribution in [0.3, 0.4) is 0 Å². The van der Waals surface area contributed by atoms with Crippen LogP contribution in [0.25, 0.3) is 0 Å². The van der Waals surface area contributed by atoms with E-state index in [1.807, 2.05) is 26.0 Å². The lowest BCUT2D eigenvalue weighted by Gasteiger charge is -2.45. The summed E-state index contributed by atoms with van der Waals surface area (Å²) in [5.74, 6) is 0.0900. The van der Waals surface area contributed by atoms with E-state index >= 15 is 0 Å². The highest BCUT2D eigenvalue weighted by molar-refractivity contribution is 5.21. The van der Waals surface area contributed by atoms with Gasteiger partial charge < -0.3 is 5.11 Å². The van der Waals surface area contributed by atoms with Crippen LogP contribution in [0, 0.1) is 11.7 Å². The van der Waals surface area contributed by atoms with Crippen molar-refractivity contribution in [1.29, 1.82) is 0 Å². The Kier molecular flexibility index (Phi) is 4.50. The van der Waals surface area contributed by atoms with Crippen molar-refractivity contribution in [1.82, 2.24) is 4.90 Å². The molecule has 20 heavy (non-hydrogen) atoms. The Labute approximate surface area is 121 Å². The highest BCUT2D eigenvalue weighted by Gasteiger charge is 2.37. The fraction of sp³-hybridized carbons (Fsp3) is 0.647. The molecular weight excluding hydrogens is 253 g/mol. The van der Waals surface area contributed by atoms with Crippen LogP contribution in [0.5, 0.6) is 0 Å². The summed E-state index contributed by atoms with van der Waals surface area (Å²) in [5, 5.41) is 10.3. The average Bonchev–Trinajstić information content (AvgIpc) is 2.37. The Balaban J connectivity index is 2.25. The van der Waals surface area contributed by atoms with Gasteiger partial charge in [0.1, 0.15) is 5.82 Å². The normalized spacial score (nSPS) is 25.1. The first-order chi connectivity index (χ1) is 9.29. The third-order valence-electron chi connectivity index (χ3n) is 4.56. The maximum atomic E-state index is 13.1. The van der Waals surface area contributed by atoms with Gasteiger partial charge in [-0.3, -0.25) is 4.90 Å². The Morgan fingerprint density at radius 1 is 1.25 bits per heavy atom. The quantitative estimate of drug-likeness (QED) is 0.910. The number of halogens is 1. The second kappa shape index (κ2) is 5.82. The molecule has 0 spiro atoms. The van der Waals surface area contributed by atoms with Crippen LogP contribution in [0.4, 0.5) is 4.39 Å². The van der Waals surface area contributed by atoms with Gasteiger partial charge in [0.25, 0.3) is 0 Å². The van der Waals surface area contributed by atoms with Crippen molar-refractivity contribution in [2.24, 2.45) is 5.92 Å². The minimum absolute atomic E-state index is 0.195. The van der Waals surface area contributed by atoms with Gasteiger partial charge in [-0.25, -0.2) is 4.39 Å². The van der Waals surface area contributed by atoms with E-state index in [9.17, 15) is 9.50 Å². The molecule has 0 radical (unpaired) electrons. The van der Waals surface area contributed by atoms with E-state index < -0.39 is 5.60 Å². The summed E-state index contributed by atoms with van der Waals surface area (Å²) < 4.78 is 13.1. The highest BCUT2D eigenvalue weighted by Crippen LogP contribution is 2.39. The molecule has 1 aromatic carbocycles. The van der Waals surface area contributed by atoms with E-state index in [0.717, 1.165) is 24.9 Å². The number of nitrogens with zero attached hydrogens (tertiary/aromatic N) is 1. The lowest BCUT2D eigenvalue weighted by molar-refractivity contribution is -0.0365. The molecule has 0 bridgehead atoms. The molecule has 2 nitrogen and oxygen atoms in total. The van der Waals surface area contributed by atoms with Crippen molar-refractivity contribution in [2.75, 3.05) is 6.54 Å². The zero-order chi connectivity index (χ0) is 14.9. The van der Waals surface area contributed by atoms with E-state index in [1.54, 1.807) is 0 Å². The van der Waals surface area contributed by atoms with Gasteiger partial charge in [-0.05, 0) is 70.7 Å². The summed E-state index contributed by atoms with van der Waals surface area (Å²) in [4.78, 5) is 2.45. The molecule has 2 rings (SSSR count). The fourth-order valence-corrected chi connectivity index (χ4v) is 3.26. The van der Waals surface area contributed by atoms with E-state index in [-0.39, 0.29) is 17.8 Å². The fourth-order valence-electron chi connectivity index (χ4n) is 3.26. The monoisotopic (exact) mass is 279 g/mol. The number of hydrogen-bond acceptors (Lipinski definition) is 2. The largest absolute Gasteiger partial charge is 0.390 e. The number of likely N-dealkylation sites (tertiary alicyclic amines) is 1. The third kappa shape index (κ3) is 3.39. The average molecular weight is 279 g/mol. The zero-order valence-corrected chi connectivity index (χ0v) is 12.9. The number of benzene rings is 1. The van der Waals surface area contributed by atoms with Crippen molar-refractivity contribution in [3.63, 3.8) is 0 Å². The lowest BCUT2D eigenvalue weighted by Crippen LogP contribution is -2.46. The molecule has 3 heteroatoms. The van der Waals surface area contributed by atoms with Gasteiger partial charge in [0, 0.05) is 12.1 Å². The van der Waals surface area contributed by atoms with Gasteiger partial charge >= 0.3 is 0 Å². The van der Waals surface area contributed by atoms with Crippen LogP contribution in [0.2, 0.25) is 0 Å². The molecule has 1 aliphatic heterocycles. The first-order valence-corrected chi connectivity index (χ1v) is 7.52. The minimum atomic E-state index is -0.651. The maximum absolute atomic E-state index is 13.1. The SMILES string of the molecule is CC(C)N1CC[C@H](C(C)(C)O)C[C@@H]1c1ccc(F)cc1. The van der Waals surface area contributed by atoms with Gasteiger partial charge in [-0.15, -0.1) is 0 Å². The Hall–Kier alpha value is -0.930. The maximum Gasteiger partial charge on any atom is 0.123 e. The van der Waals surface area contributed by atoms with Crippen LogP contribution in [-0.4, -0.2) is 28.2 Å². The summed E-state index contributed by atoms with van der Waals surface area (Å²) in [6.45, 7) is 9.16. The molecule has 0 aliphatic carbocycles. The molecule has 1 saturated heterocycles. The summed E-state index contributed by atoms with van der Waals surface area (Å²) >= 11 is 0. The van der Waals surface area contributed by atoms with E-state index in [0.29, 0.717) is 6.04 Å². The van der Waals surface area contributed by atoms with Crippen molar-refractivity contribution in [3.8, 4) is 0 Å². The molecule has 0 amide bonds. The third-order valence-corrected chi connectivity index (χ3v) is 4.56. The van der Waals surface area contributed by atoms with Crippen molar-refractivity contribution < 1.29 is 9.50 Å². The van der Waals surface area contributed by atoms with Crippen LogP contribution in [-0.2, 0) is 0 Å². The van der Waals surface area contributed by atoms with E-state index in [2.05, 4.69) is 18.7 Å². The second-order valence-electron chi connectivity index (χ2n) is 6.77. The summed E-state index contributed by atoms with van der Waals surface area (Å²) in [6, 6.07) is 7.53. The zero-order valence-electron chi connectivity index (χ0n) is 12.9. The van der Waals surface area contributed by atoms with Crippen molar-refractivity contribution in [3.05, 3.63) is 35.6 Å². The molecule has 0 unspecified atom stereocenters. The standard InChI is InChI=1S/C17H26FNO/c1-12(2)19-10-9-14(17(3,4)20)11-16(19)13-5-7-15(18)8-6-13/h5-8,12,14,16,20H,9-11H2,1-4H3/t14-,16+/m0/s1. The molecule has 2 atom stereocenters. The summed E-state index contributed by atoms with van der Waals surface area (Å²) in [6.07, 6.45) is 1.94. The lowest BCUT2D eigenvalue weighted by atomic mass is 9.78. The smallest absolute Gasteiger partial charge is 0.123 e. The van der Waals surface area contributed by atoms with E-state index in [1.165, 1.54) is 12.1 Å².